The number of nitrogens with one attached hydrogen (secondary N) is 1. The number of benzene rings is 4. The van der Waals surface area contributed by atoms with Gasteiger partial charge in [-0.1, -0.05) is 19.9 Å². The maximum absolute atomic E-state index is 14.6. The lowest BCUT2D eigenvalue weighted by molar-refractivity contribution is -0.0987. The van der Waals surface area contributed by atoms with Gasteiger partial charge in [-0.25, -0.2) is 22.2 Å². The number of aromatic nitrogens is 1. The highest BCUT2D eigenvalue weighted by Crippen LogP contribution is 2.46. The van der Waals surface area contributed by atoms with E-state index in [1.165, 1.54) is 70.8 Å². The van der Waals surface area contributed by atoms with Crippen molar-refractivity contribution < 1.29 is 49.9 Å². The lowest BCUT2D eigenvalue weighted by Crippen LogP contribution is -2.25. The smallest absolute Gasteiger partial charge is 0.255 e. The van der Waals surface area contributed by atoms with E-state index in [0.29, 0.717) is 27.6 Å². The van der Waals surface area contributed by atoms with Crippen molar-refractivity contribution in [1.29, 1.82) is 0 Å². The number of halogens is 2. The molecule has 12 nitrogen and oxygen atoms in total. The van der Waals surface area contributed by atoms with Crippen LogP contribution >= 0.6 is 0 Å². The van der Waals surface area contributed by atoms with E-state index < -0.39 is 27.6 Å². The summed E-state index contributed by atoms with van der Waals surface area (Å²) in [7, 11) is 1.90. The molecular weight excluding hydrogens is 700 g/mol. The van der Waals surface area contributed by atoms with E-state index >= 15 is 0 Å². The Morgan fingerprint density at radius 3 is 2.08 bits per heavy atom. The number of anilines is 1. The normalized spacial score (nSPS) is 10.6. The van der Waals surface area contributed by atoms with Crippen molar-refractivity contribution in [3.63, 3.8) is 0 Å². The van der Waals surface area contributed by atoms with E-state index in [-0.39, 0.29) is 51.1 Å². The number of carbonyl (C=O) groups excluding carboxylic acids is 3. The lowest BCUT2D eigenvalue weighted by atomic mass is 9.96. The van der Waals surface area contributed by atoms with Gasteiger partial charge in [0.25, 0.3) is 5.91 Å². The molecule has 0 saturated carbocycles. The molecule has 52 heavy (non-hydrogen) atoms. The lowest BCUT2D eigenvalue weighted by Gasteiger charge is -2.22. The largest absolute Gasteiger partial charge is 0.493 e. The van der Waals surface area contributed by atoms with Gasteiger partial charge in [-0.2, -0.15) is 0 Å². The van der Waals surface area contributed by atoms with Crippen LogP contribution in [0.3, 0.4) is 0 Å². The van der Waals surface area contributed by atoms with Crippen molar-refractivity contribution in [3.05, 3.63) is 83.9 Å². The number of fused-ring (bicyclic) bond motifs is 2. The van der Waals surface area contributed by atoms with Gasteiger partial charge in [0.05, 0.1) is 37.3 Å². The molecule has 0 radical (unpaired) electrons. The molecule has 1 N–H and O–H groups in total. The van der Waals surface area contributed by atoms with Crippen molar-refractivity contribution in [2.24, 2.45) is 0 Å². The van der Waals surface area contributed by atoms with Crippen molar-refractivity contribution in [2.45, 2.75) is 13.8 Å². The van der Waals surface area contributed by atoms with Crippen molar-refractivity contribution in [2.75, 3.05) is 38.9 Å². The number of carbonyl (C=O) groups is 3. The van der Waals surface area contributed by atoms with Crippen LogP contribution in [0, 0.1) is 11.6 Å². The van der Waals surface area contributed by atoms with E-state index in [2.05, 4.69) is 10.3 Å². The minimum atomic E-state index is -3.81. The Hall–Kier alpha value is -6.09. The molecule has 15 heteroatoms. The highest BCUT2D eigenvalue weighted by molar-refractivity contribution is 7.92. The first-order valence-electron chi connectivity index (χ1n) is 15.4. The Morgan fingerprint density at radius 1 is 0.865 bits per heavy atom. The monoisotopic (exact) mass is 737 g/mol. The summed E-state index contributed by atoms with van der Waals surface area (Å²) in [4.78, 5) is 33.6. The molecule has 0 fully saturated rings. The fourth-order valence-electron chi connectivity index (χ4n) is 5.27. The Bertz CT molecular complexity index is 2300. The van der Waals surface area contributed by atoms with E-state index in [0.717, 1.165) is 10.6 Å². The number of methoxy groups -OCH3 is 2. The molecular formula is C37H37F2N3O9S. The van der Waals surface area contributed by atoms with Gasteiger partial charge in [0.15, 0.2) is 22.9 Å². The quantitative estimate of drug-likeness (QED) is 0.168. The van der Waals surface area contributed by atoms with E-state index in [4.69, 9.17) is 27.9 Å². The summed E-state index contributed by atoms with van der Waals surface area (Å²) in [6, 6.07) is 16.2. The predicted molar refractivity (Wildman–Crippen MR) is 195 cm³/mol. The zero-order chi connectivity index (χ0) is 38.9. The second-order valence-corrected chi connectivity index (χ2v) is 12.4. The number of nitrogens with zero attached hydrogens (tertiary/aromatic N) is 2. The van der Waals surface area contributed by atoms with Crippen LogP contribution in [-0.2, 0) is 19.6 Å². The van der Waals surface area contributed by atoms with Crippen LogP contribution in [0.2, 0.25) is 0 Å². The number of furan rings is 1. The summed E-state index contributed by atoms with van der Waals surface area (Å²) in [5.74, 6) is -0.830. The molecule has 0 aliphatic heterocycles. The molecule has 4 aromatic carbocycles. The van der Waals surface area contributed by atoms with Gasteiger partial charge in [-0.05, 0) is 60.2 Å². The van der Waals surface area contributed by atoms with Gasteiger partial charge in [-0.15, -0.1) is 0 Å². The molecule has 274 valence electrons. The fraction of sp³-hybridized carbons (Fsp3) is 0.189. The molecule has 0 saturated heterocycles. The van der Waals surface area contributed by atoms with Crippen LogP contribution in [0.1, 0.15) is 24.2 Å². The highest BCUT2D eigenvalue weighted by atomic mass is 32.2. The van der Waals surface area contributed by atoms with Crippen molar-refractivity contribution in [3.8, 4) is 45.4 Å². The van der Waals surface area contributed by atoms with Crippen LogP contribution < -0.4 is 19.1 Å². The van der Waals surface area contributed by atoms with Gasteiger partial charge in [0.2, 0.25) is 15.9 Å². The second-order valence-electron chi connectivity index (χ2n) is 10.4. The Balaban J connectivity index is 0.00000116. The average Bonchev–Trinajstić information content (AvgIpc) is 3.78. The minimum Gasteiger partial charge on any atom is -0.493 e. The van der Waals surface area contributed by atoms with E-state index in [1.807, 2.05) is 27.4 Å². The van der Waals surface area contributed by atoms with E-state index in [9.17, 15) is 22.0 Å². The standard InChI is InChI=1S/C33H27F2N3O7S.C2H6.2CH2O/c1-36-32(39)28-21-15-20(24(38(2)46(5,40)41)16-26(21)44-30(28)17-9-11-19(34)12-10-17)18-13-22(31(43-4)27(14-18)42-3)33-37-29-23(35)7-6-8-25(29)45-33;3*1-2/h6-16H,1-5H3,(H,36,39);1-2H3;2*1H2. The number of amides is 1. The molecule has 2 aromatic heterocycles. The Morgan fingerprint density at radius 2 is 1.52 bits per heavy atom. The molecule has 0 aliphatic rings. The van der Waals surface area contributed by atoms with Crippen LogP contribution in [0.25, 0.3) is 56.0 Å². The third-order valence-corrected chi connectivity index (χ3v) is 8.79. The summed E-state index contributed by atoms with van der Waals surface area (Å²) in [5, 5.41) is 2.98. The zero-order valence-corrected chi connectivity index (χ0v) is 30.3. The number of oxazole rings is 1. The maximum Gasteiger partial charge on any atom is 0.255 e. The minimum absolute atomic E-state index is 0.0183. The first-order chi connectivity index (χ1) is 24.9. The molecule has 0 bridgehead atoms. The number of ether oxygens (including phenoxy) is 2. The third-order valence-electron chi connectivity index (χ3n) is 7.59. The van der Waals surface area contributed by atoms with Crippen LogP contribution in [0.15, 0.2) is 75.6 Å². The summed E-state index contributed by atoms with van der Waals surface area (Å²) in [6.07, 6.45) is 1.05. The van der Waals surface area contributed by atoms with Crippen LogP contribution in [-0.4, -0.2) is 67.5 Å². The molecule has 2 heterocycles. The SMILES string of the molecule is C=O.C=O.CC.CNC(=O)c1c(-c2ccc(F)cc2)oc2cc(N(C)S(C)(=O)=O)c(-c3cc(OC)c(OC)c(-c4nc5c(F)cccc5o4)c3)cc12. The summed E-state index contributed by atoms with van der Waals surface area (Å²) in [6.45, 7) is 8.00. The summed E-state index contributed by atoms with van der Waals surface area (Å²) >= 11 is 0. The topological polar surface area (TPSA) is 158 Å². The van der Waals surface area contributed by atoms with Crippen molar-refractivity contribution >= 4 is 57.3 Å². The highest BCUT2D eigenvalue weighted by Gasteiger charge is 2.28. The second kappa shape index (κ2) is 17.2. The third kappa shape index (κ3) is 7.78. The van der Waals surface area contributed by atoms with Gasteiger partial charge < -0.3 is 33.2 Å². The molecule has 6 rings (SSSR count). The molecule has 1 amide bonds. The molecule has 0 atom stereocenters. The number of para-hydroxylation sites is 1. The Labute approximate surface area is 299 Å². The van der Waals surface area contributed by atoms with Gasteiger partial charge >= 0.3 is 0 Å². The maximum atomic E-state index is 14.6. The van der Waals surface area contributed by atoms with Crippen molar-refractivity contribution in [1.82, 2.24) is 10.3 Å². The molecule has 0 spiro atoms. The zero-order valence-electron chi connectivity index (χ0n) is 29.5. The number of sulfonamides is 1. The van der Waals surface area contributed by atoms with Crippen LogP contribution in [0.4, 0.5) is 14.5 Å². The molecule has 0 unspecified atom stereocenters. The molecule has 0 aliphatic carbocycles. The first kappa shape index (κ1) is 40.3. The van der Waals surface area contributed by atoms with Gasteiger partial charge in [0.1, 0.15) is 36.3 Å². The molecule has 6 aromatic rings. The number of hydrogen-bond donors (Lipinski definition) is 1. The summed E-state index contributed by atoms with van der Waals surface area (Å²) in [5.41, 5.74) is 2.33. The van der Waals surface area contributed by atoms with Gasteiger partial charge in [-0.3, -0.25) is 9.10 Å². The van der Waals surface area contributed by atoms with Gasteiger partial charge in [0, 0.05) is 36.7 Å². The number of rotatable bonds is 8. The summed E-state index contributed by atoms with van der Waals surface area (Å²) < 4.78 is 78.5. The average molecular weight is 738 g/mol. The van der Waals surface area contributed by atoms with Crippen LogP contribution in [0.5, 0.6) is 11.5 Å². The number of hydrogen-bond acceptors (Lipinski definition) is 10. The van der Waals surface area contributed by atoms with E-state index in [1.54, 1.807) is 24.3 Å². The predicted octanol–water partition coefficient (Wildman–Crippen LogP) is 7.28. The fourth-order valence-corrected chi connectivity index (χ4v) is 5.77. The Kier molecular flexibility index (Phi) is 13.4. The first-order valence-corrected chi connectivity index (χ1v) is 17.2.